The number of anilines is 1. The van der Waals surface area contributed by atoms with Gasteiger partial charge in [0.05, 0.1) is 25.9 Å². The standard InChI is InChI=1S/C22H28ClN3O3/c23-21-9-5-4-6-18(21)16-29-17-20(27)14-25-10-12-26(13-11-25)15-22(28)24-19-7-2-1-3-8-19/h1-9,20,27H,10-17H2,(H,24,28). The molecule has 0 radical (unpaired) electrons. The minimum atomic E-state index is -0.551. The summed E-state index contributed by atoms with van der Waals surface area (Å²) in [4.78, 5) is 16.5. The molecule has 29 heavy (non-hydrogen) atoms. The molecule has 1 fully saturated rings. The van der Waals surface area contributed by atoms with Crippen LogP contribution in [-0.4, -0.2) is 72.8 Å². The van der Waals surface area contributed by atoms with Gasteiger partial charge in [-0.25, -0.2) is 0 Å². The van der Waals surface area contributed by atoms with Gasteiger partial charge < -0.3 is 15.2 Å². The largest absolute Gasteiger partial charge is 0.389 e. The molecular formula is C22H28ClN3O3. The molecule has 1 saturated heterocycles. The summed E-state index contributed by atoms with van der Waals surface area (Å²) >= 11 is 6.11. The predicted molar refractivity (Wildman–Crippen MR) is 115 cm³/mol. The van der Waals surface area contributed by atoms with E-state index in [9.17, 15) is 9.90 Å². The Hall–Kier alpha value is -1.96. The lowest BCUT2D eigenvalue weighted by molar-refractivity contribution is -0.117. The Morgan fingerprint density at radius 3 is 2.41 bits per heavy atom. The molecule has 6 nitrogen and oxygen atoms in total. The summed E-state index contributed by atoms with van der Waals surface area (Å²) in [6, 6.07) is 17.0. The topological polar surface area (TPSA) is 65.0 Å². The Bertz CT molecular complexity index is 767. The molecule has 0 bridgehead atoms. The zero-order chi connectivity index (χ0) is 20.5. The number of hydrogen-bond acceptors (Lipinski definition) is 5. The van der Waals surface area contributed by atoms with E-state index in [0.717, 1.165) is 37.4 Å². The number of amides is 1. The van der Waals surface area contributed by atoms with Gasteiger partial charge in [-0.2, -0.15) is 0 Å². The Labute approximate surface area is 177 Å². The number of benzene rings is 2. The Morgan fingerprint density at radius 1 is 1.03 bits per heavy atom. The van der Waals surface area contributed by atoms with Crippen molar-refractivity contribution in [2.24, 2.45) is 0 Å². The van der Waals surface area contributed by atoms with Gasteiger partial charge in [0.2, 0.25) is 5.91 Å². The van der Waals surface area contributed by atoms with Crippen LogP contribution in [-0.2, 0) is 16.1 Å². The molecule has 0 spiro atoms. The van der Waals surface area contributed by atoms with Crippen LogP contribution in [0.4, 0.5) is 5.69 Å². The van der Waals surface area contributed by atoms with Crippen LogP contribution in [0.5, 0.6) is 0 Å². The number of aliphatic hydroxyl groups is 1. The predicted octanol–water partition coefficient (Wildman–Crippen LogP) is 2.47. The average Bonchev–Trinajstić information content (AvgIpc) is 2.71. The van der Waals surface area contributed by atoms with Gasteiger partial charge in [-0.3, -0.25) is 14.6 Å². The van der Waals surface area contributed by atoms with Crippen LogP contribution in [0.15, 0.2) is 54.6 Å². The quantitative estimate of drug-likeness (QED) is 0.656. The average molecular weight is 418 g/mol. The van der Waals surface area contributed by atoms with Gasteiger partial charge in [0.25, 0.3) is 0 Å². The van der Waals surface area contributed by atoms with E-state index in [0.29, 0.717) is 24.7 Å². The lowest BCUT2D eigenvalue weighted by Gasteiger charge is -2.35. The molecule has 1 aliphatic heterocycles. The Kier molecular flexibility index (Phi) is 8.46. The number of ether oxygens (including phenoxy) is 1. The fraction of sp³-hybridized carbons (Fsp3) is 0.409. The first-order valence-electron chi connectivity index (χ1n) is 9.89. The molecule has 3 rings (SSSR count). The minimum Gasteiger partial charge on any atom is -0.389 e. The molecule has 7 heteroatoms. The first-order chi connectivity index (χ1) is 14.1. The molecule has 1 atom stereocenters. The zero-order valence-electron chi connectivity index (χ0n) is 16.5. The molecule has 156 valence electrons. The van der Waals surface area contributed by atoms with Crippen LogP contribution in [0.2, 0.25) is 5.02 Å². The summed E-state index contributed by atoms with van der Waals surface area (Å²) in [5.41, 5.74) is 1.74. The van der Waals surface area contributed by atoms with E-state index < -0.39 is 6.10 Å². The van der Waals surface area contributed by atoms with E-state index >= 15 is 0 Å². The summed E-state index contributed by atoms with van der Waals surface area (Å²) in [5.74, 6) is -0.00217. The number of piperazine rings is 1. The molecule has 0 saturated carbocycles. The number of carbonyl (C=O) groups is 1. The highest BCUT2D eigenvalue weighted by Gasteiger charge is 2.21. The van der Waals surface area contributed by atoms with Gasteiger partial charge in [0, 0.05) is 43.4 Å². The third-order valence-corrected chi connectivity index (χ3v) is 5.25. The van der Waals surface area contributed by atoms with Crippen LogP contribution >= 0.6 is 11.6 Å². The maximum atomic E-state index is 12.2. The highest BCUT2D eigenvalue weighted by atomic mass is 35.5. The van der Waals surface area contributed by atoms with Crippen molar-refractivity contribution in [3.8, 4) is 0 Å². The van der Waals surface area contributed by atoms with Gasteiger partial charge in [-0.1, -0.05) is 48.0 Å². The van der Waals surface area contributed by atoms with Crippen molar-refractivity contribution in [1.82, 2.24) is 9.80 Å². The lowest BCUT2D eigenvalue weighted by Crippen LogP contribution is -2.50. The number of rotatable bonds is 9. The molecule has 0 aromatic heterocycles. The van der Waals surface area contributed by atoms with Gasteiger partial charge in [-0.15, -0.1) is 0 Å². The summed E-state index contributed by atoms with van der Waals surface area (Å²) in [6.07, 6.45) is -0.551. The fourth-order valence-electron chi connectivity index (χ4n) is 3.33. The van der Waals surface area contributed by atoms with Crippen LogP contribution in [0.1, 0.15) is 5.56 Å². The van der Waals surface area contributed by atoms with Crippen molar-refractivity contribution in [3.05, 3.63) is 65.2 Å². The number of nitrogens with one attached hydrogen (secondary N) is 1. The van der Waals surface area contributed by atoms with E-state index in [1.807, 2.05) is 54.6 Å². The van der Waals surface area contributed by atoms with Crippen LogP contribution in [0.25, 0.3) is 0 Å². The van der Waals surface area contributed by atoms with E-state index in [2.05, 4.69) is 15.1 Å². The van der Waals surface area contributed by atoms with Crippen molar-refractivity contribution in [3.63, 3.8) is 0 Å². The van der Waals surface area contributed by atoms with Gasteiger partial charge >= 0.3 is 0 Å². The number of hydrogen-bond donors (Lipinski definition) is 2. The van der Waals surface area contributed by atoms with E-state index in [1.54, 1.807) is 0 Å². The van der Waals surface area contributed by atoms with Crippen molar-refractivity contribution in [2.45, 2.75) is 12.7 Å². The number of halogens is 1. The molecule has 1 heterocycles. The normalized spacial score (nSPS) is 16.5. The summed E-state index contributed by atoms with van der Waals surface area (Å²) in [6.45, 7) is 4.84. The number of β-amino-alcohol motifs (C(OH)–C–C–N with tert-alkyl or cyclic N) is 1. The maximum Gasteiger partial charge on any atom is 0.238 e. The lowest BCUT2D eigenvalue weighted by atomic mass is 10.2. The Morgan fingerprint density at radius 2 is 1.69 bits per heavy atom. The molecule has 1 aliphatic rings. The van der Waals surface area contributed by atoms with Gasteiger partial charge in [0.15, 0.2) is 0 Å². The van der Waals surface area contributed by atoms with Gasteiger partial charge in [-0.05, 0) is 23.8 Å². The molecule has 1 amide bonds. The van der Waals surface area contributed by atoms with Crippen molar-refractivity contribution < 1.29 is 14.6 Å². The second-order valence-corrected chi connectivity index (χ2v) is 7.66. The molecular weight excluding hydrogens is 390 g/mol. The van der Waals surface area contributed by atoms with E-state index in [4.69, 9.17) is 16.3 Å². The third-order valence-electron chi connectivity index (χ3n) is 4.88. The number of para-hydroxylation sites is 1. The molecule has 2 N–H and O–H groups in total. The van der Waals surface area contributed by atoms with Crippen molar-refractivity contribution in [1.29, 1.82) is 0 Å². The SMILES string of the molecule is O=C(CN1CCN(CC(O)COCc2ccccc2Cl)CC1)Nc1ccccc1. The summed E-state index contributed by atoms with van der Waals surface area (Å²) in [5, 5.41) is 13.8. The van der Waals surface area contributed by atoms with Crippen LogP contribution < -0.4 is 5.32 Å². The third kappa shape index (κ3) is 7.42. The molecule has 2 aromatic rings. The van der Waals surface area contributed by atoms with Crippen molar-refractivity contribution in [2.75, 3.05) is 51.2 Å². The number of carbonyl (C=O) groups excluding carboxylic acids is 1. The zero-order valence-corrected chi connectivity index (χ0v) is 17.2. The van der Waals surface area contributed by atoms with Crippen LogP contribution in [0.3, 0.4) is 0 Å². The Balaban J connectivity index is 1.31. The molecule has 0 aliphatic carbocycles. The highest BCUT2D eigenvalue weighted by molar-refractivity contribution is 6.31. The molecule has 1 unspecified atom stereocenters. The van der Waals surface area contributed by atoms with Gasteiger partial charge in [0.1, 0.15) is 0 Å². The number of aliphatic hydroxyl groups excluding tert-OH is 1. The fourth-order valence-corrected chi connectivity index (χ4v) is 3.52. The maximum absolute atomic E-state index is 12.2. The summed E-state index contributed by atoms with van der Waals surface area (Å²) in [7, 11) is 0. The van der Waals surface area contributed by atoms with Crippen LogP contribution in [0, 0.1) is 0 Å². The molecule has 2 aromatic carbocycles. The van der Waals surface area contributed by atoms with E-state index in [-0.39, 0.29) is 12.5 Å². The monoisotopic (exact) mass is 417 g/mol. The smallest absolute Gasteiger partial charge is 0.238 e. The second-order valence-electron chi connectivity index (χ2n) is 7.25. The summed E-state index contributed by atoms with van der Waals surface area (Å²) < 4.78 is 5.61. The second kappa shape index (κ2) is 11.3. The van der Waals surface area contributed by atoms with E-state index in [1.165, 1.54) is 0 Å². The van der Waals surface area contributed by atoms with Crippen molar-refractivity contribution >= 4 is 23.2 Å². The number of nitrogens with zero attached hydrogens (tertiary/aromatic N) is 2. The highest BCUT2D eigenvalue weighted by Crippen LogP contribution is 2.15. The first-order valence-corrected chi connectivity index (χ1v) is 10.3. The first kappa shape index (κ1) is 21.7. The minimum absolute atomic E-state index is 0.00217.